The summed E-state index contributed by atoms with van der Waals surface area (Å²) >= 11 is 0. The Morgan fingerprint density at radius 1 is 1.07 bits per heavy atom. The number of oxime groups is 1. The van der Waals surface area contributed by atoms with Gasteiger partial charge >= 0.3 is 0 Å². The first-order valence-electron chi connectivity index (χ1n) is 9.20. The Bertz CT molecular complexity index is 786. The van der Waals surface area contributed by atoms with Crippen LogP contribution in [0.25, 0.3) is 0 Å². The van der Waals surface area contributed by atoms with Crippen molar-refractivity contribution in [3.8, 4) is 11.5 Å². The van der Waals surface area contributed by atoms with Crippen LogP contribution in [0.3, 0.4) is 0 Å². The van der Waals surface area contributed by atoms with E-state index >= 15 is 0 Å². The van der Waals surface area contributed by atoms with Crippen LogP contribution in [-0.2, 0) is 11.3 Å². The van der Waals surface area contributed by atoms with Crippen molar-refractivity contribution in [2.75, 3.05) is 20.3 Å². The van der Waals surface area contributed by atoms with Crippen LogP contribution in [-0.4, -0.2) is 26.0 Å². The summed E-state index contributed by atoms with van der Waals surface area (Å²) in [5, 5.41) is 3.99. The molecule has 2 aromatic carbocycles. The van der Waals surface area contributed by atoms with Crippen molar-refractivity contribution in [3.63, 3.8) is 0 Å². The molecule has 0 saturated heterocycles. The van der Waals surface area contributed by atoms with Gasteiger partial charge in [-0.15, -0.1) is 0 Å². The maximum atomic E-state index is 6.08. The third-order valence-electron chi connectivity index (χ3n) is 4.23. The summed E-state index contributed by atoms with van der Waals surface area (Å²) in [7, 11) is 1.56. The van der Waals surface area contributed by atoms with Gasteiger partial charge in [0.2, 0.25) is 0 Å². The molecular formula is C23H29NO3. The molecule has 0 N–H and O–H groups in total. The van der Waals surface area contributed by atoms with Crippen LogP contribution in [0.2, 0.25) is 0 Å². The third kappa shape index (κ3) is 6.17. The molecular weight excluding hydrogens is 338 g/mol. The molecule has 0 aliphatic carbocycles. The van der Waals surface area contributed by atoms with E-state index in [1.54, 1.807) is 7.11 Å². The predicted octanol–water partition coefficient (Wildman–Crippen LogP) is 5.25. The minimum atomic E-state index is 0.581. The molecule has 144 valence electrons. The van der Waals surface area contributed by atoms with E-state index in [1.807, 2.05) is 50.3 Å². The number of hydrogen-bond donors (Lipinski definition) is 0. The van der Waals surface area contributed by atoms with Crippen molar-refractivity contribution in [2.45, 2.75) is 34.1 Å². The van der Waals surface area contributed by atoms with E-state index in [1.165, 1.54) is 5.56 Å². The van der Waals surface area contributed by atoms with Gasteiger partial charge in [-0.25, -0.2) is 0 Å². The van der Waals surface area contributed by atoms with Crippen LogP contribution in [0.5, 0.6) is 11.5 Å². The second-order valence-electron chi connectivity index (χ2n) is 6.42. The summed E-state index contributed by atoms with van der Waals surface area (Å²) in [6.07, 6.45) is 4.80. The molecule has 0 fully saturated rings. The quantitative estimate of drug-likeness (QED) is 0.345. The number of rotatable bonds is 9. The number of benzene rings is 2. The van der Waals surface area contributed by atoms with Gasteiger partial charge in [-0.1, -0.05) is 35.5 Å². The SMILES string of the molecule is C/C=C/COc1cc(C)c(OCCc2cccc(C(C)=NOC)c2)c(C)c1. The van der Waals surface area contributed by atoms with Gasteiger partial charge in [0.05, 0.1) is 12.3 Å². The van der Waals surface area contributed by atoms with Crippen molar-refractivity contribution in [3.05, 3.63) is 70.8 Å². The van der Waals surface area contributed by atoms with E-state index in [0.717, 1.165) is 40.3 Å². The minimum absolute atomic E-state index is 0.581. The van der Waals surface area contributed by atoms with Gasteiger partial charge in [0.15, 0.2) is 0 Å². The molecule has 0 spiro atoms. The van der Waals surface area contributed by atoms with Crippen molar-refractivity contribution in [1.82, 2.24) is 0 Å². The number of allylic oxidation sites excluding steroid dienone is 1. The van der Waals surface area contributed by atoms with Crippen LogP contribution in [0.15, 0.2) is 53.7 Å². The average molecular weight is 367 g/mol. The van der Waals surface area contributed by atoms with Gasteiger partial charge < -0.3 is 14.3 Å². The van der Waals surface area contributed by atoms with E-state index in [4.69, 9.17) is 14.3 Å². The number of ether oxygens (including phenoxy) is 2. The molecule has 0 bridgehead atoms. The van der Waals surface area contributed by atoms with E-state index in [-0.39, 0.29) is 0 Å². The summed E-state index contributed by atoms with van der Waals surface area (Å²) in [5.74, 6) is 1.80. The molecule has 0 unspecified atom stereocenters. The summed E-state index contributed by atoms with van der Waals surface area (Å²) in [5.41, 5.74) is 5.30. The van der Waals surface area contributed by atoms with E-state index in [9.17, 15) is 0 Å². The first-order valence-corrected chi connectivity index (χ1v) is 9.20. The zero-order valence-corrected chi connectivity index (χ0v) is 16.9. The van der Waals surface area contributed by atoms with Crippen molar-refractivity contribution in [2.24, 2.45) is 5.16 Å². The van der Waals surface area contributed by atoms with Crippen LogP contribution in [0.4, 0.5) is 0 Å². The maximum absolute atomic E-state index is 6.08. The molecule has 0 saturated carbocycles. The molecule has 0 radical (unpaired) electrons. The highest BCUT2D eigenvalue weighted by Crippen LogP contribution is 2.28. The summed E-state index contributed by atoms with van der Waals surface area (Å²) in [4.78, 5) is 4.85. The lowest BCUT2D eigenvalue weighted by Crippen LogP contribution is -2.05. The first-order chi connectivity index (χ1) is 13.0. The Kier molecular flexibility index (Phi) is 7.93. The Labute approximate surface area is 162 Å². The molecule has 0 heterocycles. The van der Waals surface area contributed by atoms with E-state index in [0.29, 0.717) is 13.2 Å². The lowest BCUT2D eigenvalue weighted by molar-refractivity contribution is 0.213. The highest BCUT2D eigenvalue weighted by Gasteiger charge is 2.08. The van der Waals surface area contributed by atoms with Gasteiger partial charge in [-0.3, -0.25) is 0 Å². The Balaban J connectivity index is 1.99. The second kappa shape index (κ2) is 10.4. The molecule has 4 nitrogen and oxygen atoms in total. The van der Waals surface area contributed by atoms with Crippen LogP contribution < -0.4 is 9.47 Å². The fraction of sp³-hybridized carbons (Fsp3) is 0.348. The number of hydrogen-bond acceptors (Lipinski definition) is 4. The summed E-state index contributed by atoms with van der Waals surface area (Å²) < 4.78 is 11.8. The standard InChI is InChI=1S/C23H29NO3/c1-6-7-12-26-22-14-17(2)23(18(3)15-22)27-13-11-20-9-8-10-21(16-20)19(4)24-25-5/h6-10,14-16H,11-13H2,1-5H3/b7-6+,24-19?. The van der Waals surface area contributed by atoms with Crippen LogP contribution >= 0.6 is 0 Å². The van der Waals surface area contributed by atoms with Crippen molar-refractivity contribution >= 4 is 5.71 Å². The zero-order valence-electron chi connectivity index (χ0n) is 16.9. The lowest BCUT2D eigenvalue weighted by Gasteiger charge is -2.14. The summed E-state index contributed by atoms with van der Waals surface area (Å²) in [6.45, 7) is 9.22. The molecule has 2 rings (SSSR count). The molecule has 0 aliphatic heterocycles. The van der Waals surface area contributed by atoms with Gasteiger partial charge in [0, 0.05) is 6.42 Å². The largest absolute Gasteiger partial charge is 0.493 e. The van der Waals surface area contributed by atoms with Crippen molar-refractivity contribution in [1.29, 1.82) is 0 Å². The molecule has 2 aromatic rings. The van der Waals surface area contributed by atoms with E-state index < -0.39 is 0 Å². The summed E-state index contributed by atoms with van der Waals surface area (Å²) in [6, 6.07) is 12.3. The highest BCUT2D eigenvalue weighted by atomic mass is 16.6. The monoisotopic (exact) mass is 367 g/mol. The maximum Gasteiger partial charge on any atom is 0.125 e. The van der Waals surface area contributed by atoms with E-state index in [2.05, 4.69) is 31.1 Å². The molecule has 0 atom stereocenters. The third-order valence-corrected chi connectivity index (χ3v) is 4.23. The Morgan fingerprint density at radius 2 is 1.81 bits per heavy atom. The van der Waals surface area contributed by atoms with Crippen LogP contribution in [0.1, 0.15) is 36.1 Å². The Morgan fingerprint density at radius 3 is 2.48 bits per heavy atom. The smallest absolute Gasteiger partial charge is 0.125 e. The molecule has 27 heavy (non-hydrogen) atoms. The fourth-order valence-corrected chi connectivity index (χ4v) is 2.87. The molecule has 0 aliphatic rings. The van der Waals surface area contributed by atoms with Gasteiger partial charge in [-0.05, 0) is 68.1 Å². The second-order valence-corrected chi connectivity index (χ2v) is 6.42. The molecule has 4 heteroatoms. The molecule has 0 amide bonds. The van der Waals surface area contributed by atoms with Crippen molar-refractivity contribution < 1.29 is 14.3 Å². The van der Waals surface area contributed by atoms with Gasteiger partial charge in [0.1, 0.15) is 25.2 Å². The fourth-order valence-electron chi connectivity index (χ4n) is 2.87. The minimum Gasteiger partial charge on any atom is -0.493 e. The number of nitrogens with zero attached hydrogens (tertiary/aromatic N) is 1. The molecule has 0 aromatic heterocycles. The van der Waals surface area contributed by atoms with Crippen LogP contribution in [0, 0.1) is 13.8 Å². The zero-order chi connectivity index (χ0) is 19.6. The topological polar surface area (TPSA) is 40.0 Å². The predicted molar refractivity (Wildman–Crippen MR) is 111 cm³/mol. The Hall–Kier alpha value is -2.75. The average Bonchev–Trinajstić information content (AvgIpc) is 2.64. The lowest BCUT2D eigenvalue weighted by atomic mass is 10.1. The highest BCUT2D eigenvalue weighted by molar-refractivity contribution is 5.98. The first kappa shape index (κ1) is 20.6. The van der Waals surface area contributed by atoms with Gasteiger partial charge in [0.25, 0.3) is 0 Å². The normalized spacial score (nSPS) is 11.7. The number of aryl methyl sites for hydroxylation is 2. The van der Waals surface area contributed by atoms with Gasteiger partial charge in [-0.2, -0.15) is 0 Å².